The van der Waals surface area contributed by atoms with Crippen molar-refractivity contribution in [1.82, 2.24) is 10.2 Å². The van der Waals surface area contributed by atoms with Crippen LogP contribution in [0.3, 0.4) is 0 Å². The number of hydrogen-bond donors (Lipinski definition) is 1. The molecule has 0 bridgehead atoms. The van der Waals surface area contributed by atoms with E-state index in [9.17, 15) is 14.4 Å². The Morgan fingerprint density at radius 2 is 1.72 bits per heavy atom. The van der Waals surface area contributed by atoms with Gasteiger partial charge in [0, 0.05) is 6.42 Å². The number of ether oxygens (including phenoxy) is 2. The summed E-state index contributed by atoms with van der Waals surface area (Å²) < 4.78 is 17.5. The molecule has 0 radical (unpaired) electrons. The second kappa shape index (κ2) is 15.2. The third kappa shape index (κ3) is 10.9. The molecule has 9 heteroatoms. The Morgan fingerprint density at radius 3 is 2.23 bits per heavy atom. The normalized spacial score (nSPS) is 20.9. The summed E-state index contributed by atoms with van der Waals surface area (Å²) in [6, 6.07) is -1.85. The average molecular weight is 569 g/mol. The molecule has 0 aromatic rings. The monoisotopic (exact) mass is 568 g/mol. The van der Waals surface area contributed by atoms with E-state index in [1.54, 1.807) is 25.7 Å². The SMILES string of the molecule is C=CCCCCC[C@H](NC(=O)OC(C)(C)C)C(=O)N1[C@H](C(=O)OC)C[C@@H](O[Si](C)(C)C(C)(C)C)[C@@H]1CCCC. The third-order valence-corrected chi connectivity index (χ3v) is 12.3. The Bertz CT molecular complexity index is 817. The summed E-state index contributed by atoms with van der Waals surface area (Å²) >= 11 is 0. The predicted molar refractivity (Wildman–Crippen MR) is 159 cm³/mol. The highest BCUT2D eigenvalue weighted by Crippen LogP contribution is 2.41. The van der Waals surface area contributed by atoms with Crippen LogP contribution in [0.4, 0.5) is 4.79 Å². The van der Waals surface area contributed by atoms with Gasteiger partial charge in [-0.05, 0) is 64.6 Å². The van der Waals surface area contributed by atoms with Gasteiger partial charge in [0.1, 0.15) is 17.7 Å². The number of hydrogen-bond acceptors (Lipinski definition) is 6. The van der Waals surface area contributed by atoms with Gasteiger partial charge >= 0.3 is 12.1 Å². The molecule has 0 aromatic carbocycles. The molecule has 0 saturated carbocycles. The molecule has 1 fully saturated rings. The van der Waals surface area contributed by atoms with Gasteiger partial charge in [-0.1, -0.05) is 59.5 Å². The van der Waals surface area contributed by atoms with Crippen LogP contribution in [0.1, 0.15) is 106 Å². The van der Waals surface area contributed by atoms with Crippen molar-refractivity contribution in [2.75, 3.05) is 7.11 Å². The summed E-state index contributed by atoms with van der Waals surface area (Å²) in [5, 5.41) is 2.80. The van der Waals surface area contributed by atoms with E-state index in [0.717, 1.165) is 38.5 Å². The minimum Gasteiger partial charge on any atom is -0.467 e. The van der Waals surface area contributed by atoms with Crippen molar-refractivity contribution in [2.24, 2.45) is 0 Å². The van der Waals surface area contributed by atoms with Crippen LogP contribution >= 0.6 is 0 Å². The molecule has 1 aliphatic rings. The molecule has 1 N–H and O–H groups in total. The quantitative estimate of drug-likeness (QED) is 0.108. The molecular formula is C30H56N2O6Si. The van der Waals surface area contributed by atoms with Crippen molar-refractivity contribution in [3.63, 3.8) is 0 Å². The first-order valence-electron chi connectivity index (χ1n) is 14.7. The van der Waals surface area contributed by atoms with E-state index in [2.05, 4.69) is 52.7 Å². The van der Waals surface area contributed by atoms with Crippen molar-refractivity contribution in [3.05, 3.63) is 12.7 Å². The highest BCUT2D eigenvalue weighted by atomic mass is 28.4. The second-order valence-electron chi connectivity index (χ2n) is 13.3. The summed E-state index contributed by atoms with van der Waals surface area (Å²) in [5.74, 6) is -0.726. The zero-order valence-corrected chi connectivity index (χ0v) is 27.4. The first kappa shape index (κ1) is 35.2. The molecule has 1 rings (SSSR count). The summed E-state index contributed by atoms with van der Waals surface area (Å²) in [5.41, 5.74) is -0.699. The lowest BCUT2D eigenvalue weighted by Gasteiger charge is -2.40. The molecule has 2 amide bonds. The minimum atomic E-state index is -2.19. The molecule has 0 aliphatic carbocycles. The number of nitrogens with zero attached hydrogens (tertiary/aromatic N) is 1. The molecule has 1 aliphatic heterocycles. The summed E-state index contributed by atoms with van der Waals surface area (Å²) in [6.07, 6.45) is 7.89. The van der Waals surface area contributed by atoms with Crippen LogP contribution in [0.2, 0.25) is 18.1 Å². The number of carbonyl (C=O) groups is 3. The molecule has 4 atom stereocenters. The number of nitrogens with one attached hydrogen (secondary N) is 1. The van der Waals surface area contributed by atoms with Gasteiger partial charge in [-0.25, -0.2) is 9.59 Å². The van der Waals surface area contributed by atoms with Gasteiger partial charge in [0.25, 0.3) is 0 Å². The van der Waals surface area contributed by atoms with Crippen molar-refractivity contribution in [1.29, 1.82) is 0 Å². The van der Waals surface area contributed by atoms with Gasteiger partial charge in [-0.3, -0.25) is 4.79 Å². The molecule has 39 heavy (non-hydrogen) atoms. The number of alkyl carbamates (subject to hydrolysis) is 1. The van der Waals surface area contributed by atoms with Gasteiger partial charge in [0.05, 0.1) is 19.3 Å². The van der Waals surface area contributed by atoms with E-state index < -0.39 is 38.1 Å². The first-order chi connectivity index (χ1) is 18.0. The van der Waals surface area contributed by atoms with Gasteiger partial charge in [0.15, 0.2) is 8.32 Å². The Balaban J connectivity index is 3.39. The number of amides is 2. The van der Waals surface area contributed by atoms with E-state index >= 15 is 0 Å². The van der Waals surface area contributed by atoms with Gasteiger partial charge in [0.2, 0.25) is 5.91 Å². The Hall–Kier alpha value is -1.87. The molecule has 1 saturated heterocycles. The number of allylic oxidation sites excluding steroid dienone is 1. The smallest absolute Gasteiger partial charge is 0.408 e. The molecule has 0 spiro atoms. The van der Waals surface area contributed by atoms with Crippen LogP contribution in [-0.2, 0) is 23.5 Å². The number of esters is 1. The summed E-state index contributed by atoms with van der Waals surface area (Å²) in [4.78, 5) is 41.8. The Morgan fingerprint density at radius 1 is 1.08 bits per heavy atom. The fourth-order valence-electron chi connectivity index (χ4n) is 4.68. The van der Waals surface area contributed by atoms with E-state index in [4.69, 9.17) is 13.9 Å². The topological polar surface area (TPSA) is 94.2 Å². The van der Waals surface area contributed by atoms with Crippen LogP contribution in [-0.4, -0.2) is 68.1 Å². The molecule has 0 unspecified atom stereocenters. The maximum Gasteiger partial charge on any atom is 0.408 e. The number of unbranched alkanes of at least 4 members (excludes halogenated alkanes) is 4. The van der Waals surface area contributed by atoms with Gasteiger partial charge < -0.3 is 24.1 Å². The maximum atomic E-state index is 14.3. The lowest BCUT2D eigenvalue weighted by atomic mass is 10.0. The van der Waals surface area contributed by atoms with E-state index in [1.165, 1.54) is 7.11 Å². The predicted octanol–water partition coefficient (Wildman–Crippen LogP) is 6.74. The highest BCUT2D eigenvalue weighted by molar-refractivity contribution is 6.74. The Labute approximate surface area is 238 Å². The number of likely N-dealkylation sites (tertiary alicyclic amines) is 1. The zero-order valence-electron chi connectivity index (χ0n) is 26.4. The van der Waals surface area contributed by atoms with Gasteiger partial charge in [-0.2, -0.15) is 0 Å². The first-order valence-corrected chi connectivity index (χ1v) is 17.6. The standard InChI is InChI=1S/C30H56N2O6Si/c1-12-14-16-17-18-19-22(31-28(35)37-29(3,4)5)26(33)32-23(20-15-13-2)25(21-24(32)27(34)36-9)38-39(10,11)30(6,7)8/h12,22-25H,1,13-21H2,2-11H3,(H,31,35)/t22-,23-,24-,25+/m0/s1. The summed E-state index contributed by atoms with van der Waals surface area (Å²) in [6.45, 7) is 22.2. The van der Waals surface area contributed by atoms with E-state index in [0.29, 0.717) is 19.3 Å². The van der Waals surface area contributed by atoms with E-state index in [-0.39, 0.29) is 23.1 Å². The van der Waals surface area contributed by atoms with Crippen LogP contribution in [0.25, 0.3) is 0 Å². The third-order valence-electron chi connectivity index (χ3n) is 7.80. The number of methoxy groups -OCH3 is 1. The molecule has 1 heterocycles. The number of rotatable bonds is 14. The molecule has 8 nitrogen and oxygen atoms in total. The lowest BCUT2D eigenvalue weighted by Crippen LogP contribution is -2.56. The van der Waals surface area contributed by atoms with Crippen molar-refractivity contribution in [2.45, 2.75) is 154 Å². The zero-order chi connectivity index (χ0) is 30.0. The van der Waals surface area contributed by atoms with Gasteiger partial charge in [-0.15, -0.1) is 6.58 Å². The van der Waals surface area contributed by atoms with Crippen molar-refractivity contribution < 1.29 is 28.3 Å². The number of carbonyl (C=O) groups excluding carboxylic acids is 3. The average Bonchev–Trinajstić information content (AvgIpc) is 3.16. The van der Waals surface area contributed by atoms with Crippen LogP contribution in [0, 0.1) is 0 Å². The maximum absolute atomic E-state index is 14.3. The van der Waals surface area contributed by atoms with Crippen LogP contribution in [0.15, 0.2) is 12.7 Å². The highest BCUT2D eigenvalue weighted by Gasteiger charge is 2.52. The largest absolute Gasteiger partial charge is 0.467 e. The van der Waals surface area contributed by atoms with Crippen molar-refractivity contribution >= 4 is 26.3 Å². The van der Waals surface area contributed by atoms with Crippen LogP contribution in [0.5, 0.6) is 0 Å². The fraction of sp³-hybridized carbons (Fsp3) is 0.833. The van der Waals surface area contributed by atoms with Crippen LogP contribution < -0.4 is 5.32 Å². The summed E-state index contributed by atoms with van der Waals surface area (Å²) in [7, 11) is -0.841. The molecular weight excluding hydrogens is 512 g/mol. The van der Waals surface area contributed by atoms with E-state index in [1.807, 2.05) is 6.08 Å². The van der Waals surface area contributed by atoms with Crippen molar-refractivity contribution in [3.8, 4) is 0 Å². The molecule has 226 valence electrons. The minimum absolute atomic E-state index is 0.0211. The lowest BCUT2D eigenvalue weighted by molar-refractivity contribution is -0.153. The molecule has 0 aromatic heterocycles. The Kier molecular flexibility index (Phi) is 13.7. The second-order valence-corrected chi connectivity index (χ2v) is 18.0. The fourth-order valence-corrected chi connectivity index (χ4v) is 6.05.